The molecule has 1 amide bonds. The van der Waals surface area contributed by atoms with Crippen molar-refractivity contribution in [3.05, 3.63) is 69.7 Å². The zero-order valence-electron chi connectivity index (χ0n) is 14.7. The van der Waals surface area contributed by atoms with Gasteiger partial charge in [0, 0.05) is 28.4 Å². The highest BCUT2D eigenvalue weighted by molar-refractivity contribution is 7.20. The SMILES string of the molecule is Cc1ccc(C)n1-c1nc2ccc(C(=O)NCCc3cccs3)cc2s1. The van der Waals surface area contributed by atoms with E-state index in [4.69, 9.17) is 4.98 Å². The van der Waals surface area contributed by atoms with Gasteiger partial charge in [-0.05, 0) is 62.0 Å². The Balaban J connectivity index is 1.53. The molecule has 1 aromatic carbocycles. The minimum absolute atomic E-state index is 0.0354. The Morgan fingerprint density at radius 1 is 1.15 bits per heavy atom. The maximum absolute atomic E-state index is 12.4. The molecule has 3 heterocycles. The number of thiazole rings is 1. The molecule has 0 aliphatic heterocycles. The summed E-state index contributed by atoms with van der Waals surface area (Å²) in [4.78, 5) is 18.4. The van der Waals surface area contributed by atoms with Crippen LogP contribution in [0.3, 0.4) is 0 Å². The number of thiophene rings is 1. The maximum atomic E-state index is 12.4. The molecule has 3 aromatic heterocycles. The summed E-state index contributed by atoms with van der Waals surface area (Å²) in [7, 11) is 0. The van der Waals surface area contributed by atoms with Crippen molar-refractivity contribution in [3.63, 3.8) is 0 Å². The Hall–Kier alpha value is -2.44. The van der Waals surface area contributed by atoms with Crippen molar-refractivity contribution in [1.82, 2.24) is 14.9 Å². The van der Waals surface area contributed by atoms with Crippen LogP contribution in [-0.4, -0.2) is 22.0 Å². The van der Waals surface area contributed by atoms with Gasteiger partial charge in [-0.1, -0.05) is 17.4 Å². The molecule has 6 heteroatoms. The van der Waals surface area contributed by atoms with Crippen molar-refractivity contribution < 1.29 is 4.79 Å². The van der Waals surface area contributed by atoms with E-state index in [0.717, 1.165) is 33.2 Å². The Bertz CT molecular complexity index is 1040. The van der Waals surface area contributed by atoms with E-state index < -0.39 is 0 Å². The smallest absolute Gasteiger partial charge is 0.251 e. The van der Waals surface area contributed by atoms with Gasteiger partial charge in [0.05, 0.1) is 10.2 Å². The number of hydrogen-bond donors (Lipinski definition) is 1. The van der Waals surface area contributed by atoms with Crippen LogP contribution in [-0.2, 0) is 6.42 Å². The molecule has 4 nitrogen and oxygen atoms in total. The van der Waals surface area contributed by atoms with E-state index in [0.29, 0.717) is 12.1 Å². The summed E-state index contributed by atoms with van der Waals surface area (Å²) in [5, 5.41) is 6.00. The molecule has 0 bridgehead atoms. The molecule has 0 unspecified atom stereocenters. The number of aromatic nitrogens is 2. The molecule has 0 saturated heterocycles. The molecular weight excluding hydrogens is 362 g/mol. The first kappa shape index (κ1) is 17.0. The second kappa shape index (κ2) is 7.05. The number of rotatable bonds is 5. The highest BCUT2D eigenvalue weighted by Crippen LogP contribution is 2.28. The Kier molecular flexibility index (Phi) is 4.61. The van der Waals surface area contributed by atoms with Crippen molar-refractivity contribution in [3.8, 4) is 5.13 Å². The van der Waals surface area contributed by atoms with Crippen LogP contribution >= 0.6 is 22.7 Å². The molecule has 0 fully saturated rings. The van der Waals surface area contributed by atoms with E-state index >= 15 is 0 Å². The molecule has 1 N–H and O–H groups in total. The molecule has 0 atom stereocenters. The summed E-state index contributed by atoms with van der Waals surface area (Å²) >= 11 is 3.33. The number of carbonyl (C=O) groups is 1. The Labute approximate surface area is 160 Å². The van der Waals surface area contributed by atoms with Crippen LogP contribution < -0.4 is 5.32 Å². The molecule has 0 radical (unpaired) electrons. The van der Waals surface area contributed by atoms with Crippen LogP contribution in [0.1, 0.15) is 26.6 Å². The van der Waals surface area contributed by atoms with E-state index in [2.05, 4.69) is 47.3 Å². The summed E-state index contributed by atoms with van der Waals surface area (Å²) < 4.78 is 3.17. The lowest BCUT2D eigenvalue weighted by Gasteiger charge is -2.04. The van der Waals surface area contributed by atoms with Crippen LogP contribution in [0.25, 0.3) is 15.3 Å². The normalized spacial score (nSPS) is 11.2. The lowest BCUT2D eigenvalue weighted by molar-refractivity contribution is 0.0954. The number of amides is 1. The fraction of sp³-hybridized carbons (Fsp3) is 0.200. The van der Waals surface area contributed by atoms with Crippen LogP contribution in [0.4, 0.5) is 0 Å². The molecule has 0 aliphatic rings. The van der Waals surface area contributed by atoms with Crippen molar-refractivity contribution >= 4 is 38.8 Å². The van der Waals surface area contributed by atoms with Gasteiger partial charge >= 0.3 is 0 Å². The van der Waals surface area contributed by atoms with E-state index in [9.17, 15) is 4.79 Å². The number of nitrogens with zero attached hydrogens (tertiary/aromatic N) is 2. The molecule has 4 rings (SSSR count). The van der Waals surface area contributed by atoms with Crippen LogP contribution in [0.2, 0.25) is 0 Å². The van der Waals surface area contributed by atoms with Crippen molar-refractivity contribution in [2.24, 2.45) is 0 Å². The summed E-state index contributed by atoms with van der Waals surface area (Å²) in [6.45, 7) is 4.80. The third-order valence-electron chi connectivity index (χ3n) is 4.34. The van der Waals surface area contributed by atoms with Gasteiger partial charge in [-0.25, -0.2) is 4.98 Å². The first-order chi connectivity index (χ1) is 12.6. The van der Waals surface area contributed by atoms with Gasteiger partial charge < -0.3 is 5.32 Å². The Morgan fingerprint density at radius 2 is 1.96 bits per heavy atom. The summed E-state index contributed by atoms with van der Waals surface area (Å²) in [6, 6.07) is 14.0. The largest absolute Gasteiger partial charge is 0.352 e. The average Bonchev–Trinajstić information content (AvgIpc) is 3.34. The fourth-order valence-corrected chi connectivity index (χ4v) is 4.81. The zero-order chi connectivity index (χ0) is 18.1. The average molecular weight is 382 g/mol. The molecular formula is C20H19N3OS2. The zero-order valence-corrected chi connectivity index (χ0v) is 16.3. The van der Waals surface area contributed by atoms with Gasteiger partial charge in [0.2, 0.25) is 0 Å². The van der Waals surface area contributed by atoms with E-state index in [1.165, 1.54) is 4.88 Å². The van der Waals surface area contributed by atoms with E-state index in [1.54, 1.807) is 22.7 Å². The van der Waals surface area contributed by atoms with Gasteiger partial charge in [-0.2, -0.15) is 0 Å². The van der Waals surface area contributed by atoms with E-state index in [1.807, 2.05) is 24.3 Å². The maximum Gasteiger partial charge on any atom is 0.251 e. The first-order valence-corrected chi connectivity index (χ1v) is 10.2. The molecule has 0 spiro atoms. The minimum atomic E-state index is -0.0354. The summed E-state index contributed by atoms with van der Waals surface area (Å²) in [5.41, 5.74) is 3.92. The van der Waals surface area contributed by atoms with Gasteiger partial charge in [-0.15, -0.1) is 11.3 Å². The van der Waals surface area contributed by atoms with Crippen LogP contribution in [0, 0.1) is 13.8 Å². The quantitative estimate of drug-likeness (QED) is 0.543. The van der Waals surface area contributed by atoms with Gasteiger partial charge in [-0.3, -0.25) is 9.36 Å². The highest BCUT2D eigenvalue weighted by atomic mass is 32.1. The molecule has 132 valence electrons. The van der Waals surface area contributed by atoms with Crippen molar-refractivity contribution in [2.45, 2.75) is 20.3 Å². The van der Waals surface area contributed by atoms with Gasteiger partial charge in [0.1, 0.15) is 0 Å². The van der Waals surface area contributed by atoms with Gasteiger partial charge in [0.25, 0.3) is 5.91 Å². The number of fused-ring (bicyclic) bond motifs is 1. The number of hydrogen-bond acceptors (Lipinski definition) is 4. The first-order valence-electron chi connectivity index (χ1n) is 8.48. The second-order valence-corrected chi connectivity index (χ2v) is 8.26. The van der Waals surface area contributed by atoms with Crippen LogP contribution in [0.5, 0.6) is 0 Å². The van der Waals surface area contributed by atoms with Gasteiger partial charge in [0.15, 0.2) is 5.13 Å². The molecule has 0 aliphatic carbocycles. The van der Waals surface area contributed by atoms with Crippen molar-refractivity contribution in [1.29, 1.82) is 0 Å². The number of carbonyl (C=O) groups excluding carboxylic acids is 1. The lowest BCUT2D eigenvalue weighted by Crippen LogP contribution is -2.25. The molecule has 0 saturated carbocycles. The molecule has 26 heavy (non-hydrogen) atoms. The summed E-state index contributed by atoms with van der Waals surface area (Å²) in [6.07, 6.45) is 0.864. The highest BCUT2D eigenvalue weighted by Gasteiger charge is 2.12. The predicted molar refractivity (Wildman–Crippen MR) is 109 cm³/mol. The second-order valence-electron chi connectivity index (χ2n) is 6.22. The number of nitrogens with one attached hydrogen (secondary N) is 1. The van der Waals surface area contributed by atoms with Crippen molar-refractivity contribution in [2.75, 3.05) is 6.54 Å². The standard InChI is InChI=1S/C20H19N3OS2/c1-13-5-6-14(2)23(13)20-22-17-8-7-15(12-18(17)26-20)19(24)21-10-9-16-4-3-11-25-16/h3-8,11-12H,9-10H2,1-2H3,(H,21,24). The number of aryl methyl sites for hydroxylation is 2. The monoisotopic (exact) mass is 381 g/mol. The van der Waals surface area contributed by atoms with Crippen LogP contribution in [0.15, 0.2) is 47.8 Å². The Morgan fingerprint density at radius 3 is 2.69 bits per heavy atom. The third kappa shape index (κ3) is 3.30. The third-order valence-corrected chi connectivity index (χ3v) is 6.28. The predicted octanol–water partition coefficient (Wildman–Crippen LogP) is 4.74. The topological polar surface area (TPSA) is 46.9 Å². The minimum Gasteiger partial charge on any atom is -0.352 e. The summed E-state index contributed by atoms with van der Waals surface area (Å²) in [5.74, 6) is -0.0354. The lowest BCUT2D eigenvalue weighted by atomic mass is 10.2. The van der Waals surface area contributed by atoms with E-state index in [-0.39, 0.29) is 5.91 Å². The fourth-order valence-electron chi connectivity index (χ4n) is 2.98. The molecule has 4 aromatic rings. The number of benzene rings is 1.